The van der Waals surface area contributed by atoms with Gasteiger partial charge in [0.15, 0.2) is 6.10 Å². The van der Waals surface area contributed by atoms with Gasteiger partial charge in [0.2, 0.25) is 0 Å². The minimum absolute atomic E-state index is 0.254. The molecular weight excluding hydrogens is 289 g/mol. The Bertz CT molecular complexity index is 349. The van der Waals surface area contributed by atoms with Crippen molar-refractivity contribution in [2.24, 2.45) is 5.92 Å². The van der Waals surface area contributed by atoms with E-state index in [1.165, 1.54) is 6.42 Å². The first-order chi connectivity index (χ1) is 9.79. The molecule has 0 saturated heterocycles. The molecule has 1 rings (SSSR count). The van der Waals surface area contributed by atoms with Crippen LogP contribution in [0.25, 0.3) is 0 Å². The summed E-state index contributed by atoms with van der Waals surface area (Å²) >= 11 is 0. The van der Waals surface area contributed by atoms with E-state index in [0.29, 0.717) is 12.5 Å². The zero-order valence-electron chi connectivity index (χ0n) is 12.1. The van der Waals surface area contributed by atoms with Gasteiger partial charge < -0.3 is 9.47 Å². The van der Waals surface area contributed by atoms with Crippen LogP contribution < -0.4 is 0 Å². The van der Waals surface area contributed by atoms with Crippen LogP contribution in [0.4, 0.5) is 13.2 Å². The van der Waals surface area contributed by atoms with Crippen LogP contribution in [-0.4, -0.2) is 30.8 Å². The van der Waals surface area contributed by atoms with E-state index < -0.39 is 30.6 Å². The highest BCUT2D eigenvalue weighted by Gasteiger charge is 2.39. The van der Waals surface area contributed by atoms with Crippen LogP contribution in [0.2, 0.25) is 0 Å². The maximum Gasteiger partial charge on any atom is 0.425 e. The minimum atomic E-state index is -4.59. The van der Waals surface area contributed by atoms with Gasteiger partial charge in [0.25, 0.3) is 0 Å². The highest BCUT2D eigenvalue weighted by molar-refractivity contribution is 5.77. The lowest BCUT2D eigenvalue weighted by Gasteiger charge is -2.21. The summed E-state index contributed by atoms with van der Waals surface area (Å²) in [6.07, 6.45) is -1.89. The van der Waals surface area contributed by atoms with E-state index in [-0.39, 0.29) is 6.42 Å². The van der Waals surface area contributed by atoms with E-state index in [1.807, 2.05) is 0 Å². The highest BCUT2D eigenvalue weighted by Crippen LogP contribution is 2.24. The van der Waals surface area contributed by atoms with Crippen LogP contribution in [-0.2, 0) is 19.1 Å². The fraction of sp³-hybridized carbons (Fsp3) is 0.857. The zero-order chi connectivity index (χ0) is 15.9. The molecule has 0 spiro atoms. The van der Waals surface area contributed by atoms with Gasteiger partial charge in [-0.3, -0.25) is 9.59 Å². The summed E-state index contributed by atoms with van der Waals surface area (Å²) in [7, 11) is 0. The first-order valence-electron chi connectivity index (χ1n) is 7.21. The monoisotopic (exact) mass is 310 g/mol. The Morgan fingerprint density at radius 2 is 1.67 bits per heavy atom. The molecule has 21 heavy (non-hydrogen) atoms. The van der Waals surface area contributed by atoms with E-state index >= 15 is 0 Å². The minimum Gasteiger partial charge on any atom is -0.465 e. The van der Waals surface area contributed by atoms with E-state index in [1.54, 1.807) is 0 Å². The van der Waals surface area contributed by atoms with E-state index in [4.69, 9.17) is 4.74 Å². The number of esters is 2. The van der Waals surface area contributed by atoms with Crippen LogP contribution in [0.3, 0.4) is 0 Å². The second-order valence-corrected chi connectivity index (χ2v) is 5.36. The Kier molecular flexibility index (Phi) is 6.98. The predicted octanol–water partition coefficient (Wildman–Crippen LogP) is 3.38. The quantitative estimate of drug-likeness (QED) is 0.706. The molecule has 4 nitrogen and oxygen atoms in total. The zero-order valence-corrected chi connectivity index (χ0v) is 12.1. The van der Waals surface area contributed by atoms with Gasteiger partial charge in [-0.25, -0.2) is 0 Å². The topological polar surface area (TPSA) is 52.6 Å². The normalized spacial score (nSPS) is 18.1. The molecule has 0 bridgehead atoms. The van der Waals surface area contributed by atoms with Gasteiger partial charge in [-0.05, 0) is 25.7 Å². The molecule has 1 unspecified atom stereocenters. The van der Waals surface area contributed by atoms with Gasteiger partial charge >= 0.3 is 18.1 Å². The number of ether oxygens (including phenoxy) is 2. The Labute approximate surface area is 122 Å². The number of hydrogen-bond acceptors (Lipinski definition) is 4. The number of hydrogen-bond donors (Lipinski definition) is 0. The van der Waals surface area contributed by atoms with Crippen LogP contribution in [0.1, 0.15) is 51.9 Å². The second kappa shape index (κ2) is 8.24. The lowest BCUT2D eigenvalue weighted by Crippen LogP contribution is -2.31. The number of carbonyl (C=O) groups excluding carboxylic acids is 2. The van der Waals surface area contributed by atoms with Gasteiger partial charge in [-0.15, -0.1) is 0 Å². The van der Waals surface area contributed by atoms with Crippen LogP contribution in [0.5, 0.6) is 0 Å². The number of carbonyl (C=O) groups is 2. The molecule has 0 aromatic rings. The number of rotatable bonds is 6. The van der Waals surface area contributed by atoms with E-state index in [9.17, 15) is 22.8 Å². The number of halogens is 3. The van der Waals surface area contributed by atoms with Crippen molar-refractivity contribution in [2.75, 3.05) is 6.61 Å². The Balaban J connectivity index is 2.15. The molecular formula is C14H21F3O4. The molecule has 1 aliphatic rings. The summed E-state index contributed by atoms with van der Waals surface area (Å²) in [6.45, 7) is 1.08. The van der Waals surface area contributed by atoms with Gasteiger partial charge in [0, 0.05) is 0 Å². The molecule has 1 fully saturated rings. The molecule has 0 heterocycles. The Hall–Kier alpha value is -1.27. The van der Waals surface area contributed by atoms with Crippen molar-refractivity contribution in [3.8, 4) is 0 Å². The third-order valence-electron chi connectivity index (χ3n) is 3.51. The van der Waals surface area contributed by atoms with Crippen LogP contribution in [0.15, 0.2) is 0 Å². The van der Waals surface area contributed by atoms with Crippen LogP contribution >= 0.6 is 0 Å². The molecule has 0 N–H and O–H groups in total. The van der Waals surface area contributed by atoms with Crippen molar-refractivity contribution in [3.63, 3.8) is 0 Å². The van der Waals surface area contributed by atoms with E-state index in [2.05, 4.69) is 4.74 Å². The second-order valence-electron chi connectivity index (χ2n) is 5.36. The van der Waals surface area contributed by atoms with Crippen molar-refractivity contribution in [2.45, 2.75) is 64.1 Å². The van der Waals surface area contributed by atoms with Crippen molar-refractivity contribution < 1.29 is 32.2 Å². The summed E-state index contributed by atoms with van der Waals surface area (Å²) < 4.78 is 45.7. The molecule has 0 aromatic heterocycles. The SMILES string of the molecule is CC(OC(=O)CCC(=O)OCC1CCCCC1)C(F)(F)F. The molecule has 1 atom stereocenters. The van der Waals surface area contributed by atoms with Crippen molar-refractivity contribution in [3.05, 3.63) is 0 Å². The Morgan fingerprint density at radius 3 is 2.24 bits per heavy atom. The van der Waals surface area contributed by atoms with Crippen molar-refractivity contribution in [1.29, 1.82) is 0 Å². The fourth-order valence-electron chi connectivity index (χ4n) is 2.16. The summed E-state index contributed by atoms with van der Waals surface area (Å²) in [6, 6.07) is 0. The first kappa shape index (κ1) is 17.8. The molecule has 0 amide bonds. The lowest BCUT2D eigenvalue weighted by molar-refractivity contribution is -0.216. The fourth-order valence-corrected chi connectivity index (χ4v) is 2.16. The van der Waals surface area contributed by atoms with Gasteiger partial charge in [0.1, 0.15) is 0 Å². The first-order valence-corrected chi connectivity index (χ1v) is 7.21. The lowest BCUT2D eigenvalue weighted by atomic mass is 9.90. The molecule has 7 heteroatoms. The predicted molar refractivity (Wildman–Crippen MR) is 68.4 cm³/mol. The summed E-state index contributed by atoms with van der Waals surface area (Å²) in [5.41, 5.74) is 0. The molecule has 0 aliphatic heterocycles. The standard InChI is InChI=1S/C14H21F3O4/c1-10(14(15,16)17)21-13(19)8-7-12(18)20-9-11-5-3-2-4-6-11/h10-11H,2-9H2,1H3. The molecule has 1 aliphatic carbocycles. The average Bonchev–Trinajstić information content (AvgIpc) is 2.43. The van der Waals surface area contributed by atoms with Crippen LogP contribution in [0, 0.1) is 5.92 Å². The van der Waals surface area contributed by atoms with Crippen molar-refractivity contribution in [1.82, 2.24) is 0 Å². The summed E-state index contributed by atoms with van der Waals surface area (Å²) in [5, 5.41) is 0. The molecule has 0 aromatic carbocycles. The maximum absolute atomic E-state index is 12.2. The van der Waals surface area contributed by atoms with E-state index in [0.717, 1.165) is 32.6 Å². The maximum atomic E-state index is 12.2. The van der Waals surface area contributed by atoms with Gasteiger partial charge in [-0.1, -0.05) is 19.3 Å². The Morgan fingerprint density at radius 1 is 1.10 bits per heavy atom. The summed E-state index contributed by atoms with van der Waals surface area (Å²) in [4.78, 5) is 22.6. The van der Waals surface area contributed by atoms with Crippen molar-refractivity contribution >= 4 is 11.9 Å². The largest absolute Gasteiger partial charge is 0.465 e. The molecule has 1 saturated carbocycles. The highest BCUT2D eigenvalue weighted by atomic mass is 19.4. The van der Waals surface area contributed by atoms with Gasteiger partial charge in [-0.2, -0.15) is 13.2 Å². The third kappa shape index (κ3) is 7.34. The van der Waals surface area contributed by atoms with Gasteiger partial charge in [0.05, 0.1) is 19.4 Å². The molecule has 122 valence electrons. The molecule has 0 radical (unpaired) electrons. The smallest absolute Gasteiger partial charge is 0.425 e. The summed E-state index contributed by atoms with van der Waals surface area (Å²) in [5.74, 6) is -1.26. The average molecular weight is 310 g/mol. The third-order valence-corrected chi connectivity index (χ3v) is 3.51. The number of alkyl halides is 3.